The van der Waals surface area contributed by atoms with Gasteiger partial charge in [-0.05, 0) is 36.1 Å². The van der Waals surface area contributed by atoms with Gasteiger partial charge in [-0.1, -0.05) is 48.9 Å². The lowest BCUT2D eigenvalue weighted by Gasteiger charge is -2.43. The topological polar surface area (TPSA) is 109 Å². The van der Waals surface area contributed by atoms with Gasteiger partial charge in [0.1, 0.15) is 0 Å². The predicted molar refractivity (Wildman–Crippen MR) is 134 cm³/mol. The van der Waals surface area contributed by atoms with Crippen molar-refractivity contribution in [3.63, 3.8) is 0 Å². The Hall–Kier alpha value is -2.62. The van der Waals surface area contributed by atoms with Crippen molar-refractivity contribution in [2.75, 3.05) is 20.1 Å². The molecular formula is C23H30IN5O2. The molecule has 0 heterocycles. The molecule has 1 aliphatic carbocycles. The molecule has 0 spiro atoms. The first-order chi connectivity index (χ1) is 14.5. The highest BCUT2D eigenvalue weighted by Crippen LogP contribution is 2.43. The molecule has 0 radical (unpaired) electrons. The molecule has 7 nitrogen and oxygen atoms in total. The number of guanidine groups is 1. The third-order valence-corrected chi connectivity index (χ3v) is 5.61. The Morgan fingerprint density at radius 2 is 1.68 bits per heavy atom. The zero-order valence-electron chi connectivity index (χ0n) is 17.7. The summed E-state index contributed by atoms with van der Waals surface area (Å²) >= 11 is 0. The molecule has 3 rings (SSSR count). The minimum atomic E-state index is -0.570. The molecular weight excluding hydrogens is 505 g/mol. The van der Waals surface area contributed by atoms with Crippen molar-refractivity contribution < 1.29 is 9.59 Å². The fourth-order valence-electron chi connectivity index (χ4n) is 3.67. The largest absolute Gasteiger partial charge is 0.368 e. The van der Waals surface area contributed by atoms with Crippen molar-refractivity contribution in [3.05, 3.63) is 71.3 Å². The van der Waals surface area contributed by atoms with Crippen LogP contribution in [0.1, 0.15) is 40.7 Å². The molecule has 5 N–H and O–H groups in total. The van der Waals surface area contributed by atoms with Gasteiger partial charge < -0.3 is 21.7 Å². The van der Waals surface area contributed by atoms with Crippen molar-refractivity contribution >= 4 is 41.8 Å². The van der Waals surface area contributed by atoms with Gasteiger partial charge in [0.05, 0.1) is 6.54 Å². The maximum Gasteiger partial charge on any atom is 0.251 e. The van der Waals surface area contributed by atoms with Gasteiger partial charge in [-0.25, -0.2) is 0 Å². The van der Waals surface area contributed by atoms with Crippen LogP contribution < -0.4 is 21.7 Å². The van der Waals surface area contributed by atoms with Crippen LogP contribution in [0.25, 0.3) is 0 Å². The zero-order valence-corrected chi connectivity index (χ0v) is 20.0. The maximum atomic E-state index is 11.9. The smallest absolute Gasteiger partial charge is 0.251 e. The number of amides is 2. The van der Waals surface area contributed by atoms with E-state index in [9.17, 15) is 9.59 Å². The Morgan fingerprint density at radius 1 is 1.00 bits per heavy atom. The average molecular weight is 535 g/mol. The maximum absolute atomic E-state index is 11.9. The standard InChI is InChI=1S/C23H29N5O2.HI/c1-25-22(28-16-23(12-5-13-23)19-6-3-2-4-7-19)27-14-17-8-10-18(11-9-17)21(30)26-15-20(24)29;/h2-4,6-11H,5,12-16H2,1H3,(H2,24,29)(H,26,30)(H2,25,27,28);1H. The molecule has 1 fully saturated rings. The Kier molecular flexibility index (Phi) is 9.29. The number of rotatable bonds is 8. The zero-order chi connectivity index (χ0) is 21.4. The van der Waals surface area contributed by atoms with Crippen LogP contribution in [-0.2, 0) is 16.8 Å². The predicted octanol–water partition coefficient (Wildman–Crippen LogP) is 2.31. The molecule has 0 saturated heterocycles. The summed E-state index contributed by atoms with van der Waals surface area (Å²) in [6, 6.07) is 17.9. The van der Waals surface area contributed by atoms with Gasteiger partial charge in [-0.3, -0.25) is 14.6 Å². The van der Waals surface area contributed by atoms with E-state index in [0.717, 1.165) is 18.1 Å². The third-order valence-electron chi connectivity index (χ3n) is 5.61. The molecule has 2 aromatic carbocycles. The summed E-state index contributed by atoms with van der Waals surface area (Å²) in [6.45, 7) is 1.26. The van der Waals surface area contributed by atoms with E-state index in [1.165, 1.54) is 24.8 Å². The van der Waals surface area contributed by atoms with E-state index in [1.807, 2.05) is 12.1 Å². The number of hydrogen-bond donors (Lipinski definition) is 4. The van der Waals surface area contributed by atoms with Crippen molar-refractivity contribution in [1.29, 1.82) is 0 Å². The summed E-state index contributed by atoms with van der Waals surface area (Å²) in [4.78, 5) is 27.0. The van der Waals surface area contributed by atoms with Crippen molar-refractivity contribution in [1.82, 2.24) is 16.0 Å². The lowest BCUT2D eigenvalue weighted by atomic mass is 9.64. The summed E-state index contributed by atoms with van der Waals surface area (Å²) in [5, 5.41) is 9.27. The van der Waals surface area contributed by atoms with Crippen LogP contribution in [0.5, 0.6) is 0 Å². The van der Waals surface area contributed by atoms with Gasteiger partial charge in [-0.2, -0.15) is 0 Å². The molecule has 31 heavy (non-hydrogen) atoms. The summed E-state index contributed by atoms with van der Waals surface area (Å²) in [5.74, 6) is -0.142. The van der Waals surface area contributed by atoms with Crippen LogP contribution in [0.2, 0.25) is 0 Å². The van der Waals surface area contributed by atoms with Crippen LogP contribution >= 0.6 is 24.0 Å². The highest BCUT2D eigenvalue weighted by molar-refractivity contribution is 14.0. The lowest BCUT2D eigenvalue weighted by molar-refractivity contribution is -0.117. The average Bonchev–Trinajstić information content (AvgIpc) is 2.74. The van der Waals surface area contributed by atoms with E-state index >= 15 is 0 Å². The van der Waals surface area contributed by atoms with Gasteiger partial charge in [0.2, 0.25) is 5.91 Å². The number of nitrogens with zero attached hydrogens (tertiary/aromatic N) is 1. The first kappa shape index (κ1) is 24.6. The number of carbonyl (C=O) groups excluding carboxylic acids is 2. The summed E-state index contributed by atoms with van der Waals surface area (Å²) in [5.41, 5.74) is 8.10. The molecule has 0 unspecified atom stereocenters. The molecule has 0 atom stereocenters. The molecule has 0 bridgehead atoms. The molecule has 1 saturated carbocycles. The number of halogens is 1. The van der Waals surface area contributed by atoms with Crippen molar-refractivity contribution in [2.45, 2.75) is 31.2 Å². The van der Waals surface area contributed by atoms with Gasteiger partial charge in [0, 0.05) is 31.1 Å². The van der Waals surface area contributed by atoms with Gasteiger partial charge >= 0.3 is 0 Å². The SMILES string of the molecule is CN=C(NCc1ccc(C(=O)NCC(N)=O)cc1)NCC1(c2ccccc2)CCC1.I. The monoisotopic (exact) mass is 535 g/mol. The number of aliphatic imine (C=N–C) groups is 1. The van der Waals surface area contributed by atoms with Crippen LogP contribution in [0.4, 0.5) is 0 Å². The third kappa shape index (κ3) is 6.68. The van der Waals surface area contributed by atoms with Crippen molar-refractivity contribution in [3.8, 4) is 0 Å². The van der Waals surface area contributed by atoms with E-state index in [-0.39, 0.29) is 41.8 Å². The van der Waals surface area contributed by atoms with E-state index < -0.39 is 5.91 Å². The van der Waals surface area contributed by atoms with E-state index in [1.54, 1.807) is 19.2 Å². The molecule has 2 amide bonds. The van der Waals surface area contributed by atoms with Crippen molar-refractivity contribution in [2.24, 2.45) is 10.7 Å². The minimum Gasteiger partial charge on any atom is -0.368 e. The second-order valence-corrected chi connectivity index (χ2v) is 7.63. The Bertz CT molecular complexity index is 896. The van der Waals surface area contributed by atoms with E-state index in [2.05, 4.69) is 51.3 Å². The molecule has 0 aliphatic heterocycles. The second kappa shape index (κ2) is 11.7. The summed E-state index contributed by atoms with van der Waals surface area (Å²) in [6.07, 6.45) is 3.61. The number of nitrogens with one attached hydrogen (secondary N) is 3. The fourth-order valence-corrected chi connectivity index (χ4v) is 3.67. The van der Waals surface area contributed by atoms with E-state index in [4.69, 9.17) is 5.73 Å². The molecule has 166 valence electrons. The molecule has 1 aliphatic rings. The van der Waals surface area contributed by atoms with Crippen LogP contribution in [-0.4, -0.2) is 37.9 Å². The second-order valence-electron chi connectivity index (χ2n) is 7.63. The molecule has 8 heteroatoms. The van der Waals surface area contributed by atoms with Crippen LogP contribution in [0.3, 0.4) is 0 Å². The number of primary amides is 1. The lowest BCUT2D eigenvalue weighted by Crippen LogP contribution is -2.48. The van der Waals surface area contributed by atoms with Crippen LogP contribution in [0.15, 0.2) is 59.6 Å². The van der Waals surface area contributed by atoms with Crippen LogP contribution in [0, 0.1) is 0 Å². The normalized spacial score (nSPS) is 14.5. The molecule has 0 aromatic heterocycles. The highest BCUT2D eigenvalue weighted by atomic mass is 127. The van der Waals surface area contributed by atoms with Gasteiger partial charge in [0.25, 0.3) is 5.91 Å². The number of nitrogens with two attached hydrogens (primary N) is 1. The Morgan fingerprint density at radius 3 is 2.23 bits per heavy atom. The first-order valence-electron chi connectivity index (χ1n) is 10.2. The quantitative estimate of drug-likeness (QED) is 0.236. The summed E-state index contributed by atoms with van der Waals surface area (Å²) in [7, 11) is 1.76. The fraction of sp³-hybridized carbons (Fsp3) is 0.348. The minimum absolute atomic E-state index is 0. The number of hydrogen-bond acceptors (Lipinski definition) is 3. The van der Waals surface area contributed by atoms with Gasteiger partial charge in [-0.15, -0.1) is 24.0 Å². The highest BCUT2D eigenvalue weighted by Gasteiger charge is 2.38. The van der Waals surface area contributed by atoms with E-state index in [0.29, 0.717) is 12.1 Å². The summed E-state index contributed by atoms with van der Waals surface area (Å²) < 4.78 is 0. The molecule has 2 aromatic rings. The first-order valence-corrected chi connectivity index (χ1v) is 10.2. The Balaban J connectivity index is 0.00000341. The number of benzene rings is 2. The Labute approximate surface area is 200 Å². The van der Waals surface area contributed by atoms with Gasteiger partial charge in [0.15, 0.2) is 5.96 Å². The number of carbonyl (C=O) groups is 2.